The number of hydrogen-bond donors (Lipinski definition) is 1. The highest BCUT2D eigenvalue weighted by atomic mass is 32.2. The van der Waals surface area contributed by atoms with Gasteiger partial charge in [-0.15, -0.1) is 11.8 Å². The van der Waals surface area contributed by atoms with Crippen molar-refractivity contribution in [2.24, 2.45) is 0 Å². The van der Waals surface area contributed by atoms with Crippen LogP contribution >= 0.6 is 11.8 Å². The molecule has 14 heavy (non-hydrogen) atoms. The van der Waals surface area contributed by atoms with Crippen molar-refractivity contribution in [2.45, 2.75) is 17.9 Å². The van der Waals surface area contributed by atoms with Gasteiger partial charge in [0.15, 0.2) is 11.6 Å². The van der Waals surface area contributed by atoms with Crippen LogP contribution in [0.15, 0.2) is 11.0 Å². The van der Waals surface area contributed by atoms with Gasteiger partial charge in [0.25, 0.3) is 0 Å². The van der Waals surface area contributed by atoms with Gasteiger partial charge in [-0.05, 0) is 19.2 Å². The third-order valence-electron chi connectivity index (χ3n) is 1.80. The van der Waals surface area contributed by atoms with Crippen molar-refractivity contribution in [1.82, 2.24) is 0 Å². The summed E-state index contributed by atoms with van der Waals surface area (Å²) >= 11 is 0.785. The van der Waals surface area contributed by atoms with E-state index in [-0.39, 0.29) is 10.5 Å². The average molecular weight is 222 g/mol. The van der Waals surface area contributed by atoms with E-state index >= 15 is 0 Å². The Kier molecular flexibility index (Phi) is 3.44. The first-order chi connectivity index (χ1) is 6.49. The second kappa shape index (κ2) is 4.23. The summed E-state index contributed by atoms with van der Waals surface area (Å²) in [5, 5.41) is 9.04. The fourth-order valence-corrected chi connectivity index (χ4v) is 1.61. The zero-order valence-electron chi connectivity index (χ0n) is 7.64. The Balaban J connectivity index is 3.40. The van der Waals surface area contributed by atoms with E-state index in [2.05, 4.69) is 0 Å². The van der Waals surface area contributed by atoms with Crippen LogP contribution in [-0.4, -0.2) is 11.4 Å². The molecule has 1 atom stereocenters. The van der Waals surface area contributed by atoms with Gasteiger partial charge in [0.05, 0.1) is 11.0 Å². The Morgan fingerprint density at radius 2 is 1.86 bits per heavy atom. The molecule has 1 N–H and O–H groups in total. The standard InChI is InChI=1S/C9H9F3OS/c1-4(13)5-3-6(10)9(14-2)8(12)7(5)11/h3-4,13H,1-2H3. The minimum absolute atomic E-state index is 0.363. The Labute approximate surface area is 83.9 Å². The zero-order chi connectivity index (χ0) is 10.9. The number of aliphatic hydroxyl groups excluding tert-OH is 1. The van der Waals surface area contributed by atoms with Crippen molar-refractivity contribution in [3.63, 3.8) is 0 Å². The molecule has 0 bridgehead atoms. The summed E-state index contributed by atoms with van der Waals surface area (Å²) < 4.78 is 39.4. The smallest absolute Gasteiger partial charge is 0.175 e. The molecule has 0 aliphatic rings. The van der Waals surface area contributed by atoms with Gasteiger partial charge in [-0.1, -0.05) is 0 Å². The summed E-state index contributed by atoms with van der Waals surface area (Å²) in [4.78, 5) is -0.369. The second-order valence-corrected chi connectivity index (χ2v) is 3.60. The summed E-state index contributed by atoms with van der Waals surface area (Å²) in [6, 6.07) is 0.814. The van der Waals surface area contributed by atoms with Crippen LogP contribution < -0.4 is 0 Å². The highest BCUT2D eigenvalue weighted by Gasteiger charge is 2.20. The monoisotopic (exact) mass is 222 g/mol. The van der Waals surface area contributed by atoms with Gasteiger partial charge >= 0.3 is 0 Å². The molecule has 0 saturated carbocycles. The molecule has 0 heterocycles. The van der Waals surface area contributed by atoms with E-state index in [1.54, 1.807) is 0 Å². The molecule has 0 spiro atoms. The maximum atomic E-state index is 13.2. The summed E-state index contributed by atoms with van der Waals surface area (Å²) in [5.41, 5.74) is -0.363. The van der Waals surface area contributed by atoms with E-state index in [4.69, 9.17) is 5.11 Å². The maximum Gasteiger partial charge on any atom is 0.175 e. The number of halogens is 3. The molecule has 0 aliphatic heterocycles. The molecule has 5 heteroatoms. The van der Waals surface area contributed by atoms with Crippen molar-refractivity contribution in [1.29, 1.82) is 0 Å². The molecule has 0 amide bonds. The molecule has 1 rings (SSSR count). The van der Waals surface area contributed by atoms with E-state index < -0.39 is 23.6 Å². The first-order valence-electron chi connectivity index (χ1n) is 3.88. The molecule has 0 aliphatic carbocycles. The lowest BCUT2D eigenvalue weighted by molar-refractivity contribution is 0.191. The number of aliphatic hydroxyl groups is 1. The Bertz CT molecular complexity index is 352. The highest BCUT2D eigenvalue weighted by molar-refractivity contribution is 7.98. The van der Waals surface area contributed by atoms with E-state index in [1.807, 2.05) is 0 Å². The van der Waals surface area contributed by atoms with Crippen LogP contribution in [0.5, 0.6) is 0 Å². The quantitative estimate of drug-likeness (QED) is 0.613. The third kappa shape index (κ3) is 1.88. The first-order valence-corrected chi connectivity index (χ1v) is 5.11. The molecule has 0 radical (unpaired) electrons. The van der Waals surface area contributed by atoms with Gasteiger partial charge in [0.1, 0.15) is 5.82 Å². The number of thioether (sulfide) groups is 1. The SMILES string of the molecule is CSc1c(F)cc(C(C)O)c(F)c1F. The van der Waals surface area contributed by atoms with Crippen molar-refractivity contribution >= 4 is 11.8 Å². The van der Waals surface area contributed by atoms with Crippen LogP contribution in [0.25, 0.3) is 0 Å². The molecule has 0 fully saturated rings. The minimum Gasteiger partial charge on any atom is -0.389 e. The Morgan fingerprint density at radius 3 is 2.29 bits per heavy atom. The molecule has 1 unspecified atom stereocenters. The Morgan fingerprint density at radius 1 is 1.29 bits per heavy atom. The average Bonchev–Trinajstić information content (AvgIpc) is 2.12. The summed E-state index contributed by atoms with van der Waals surface area (Å²) in [5.74, 6) is -3.29. The van der Waals surface area contributed by atoms with Gasteiger partial charge in [0, 0.05) is 5.56 Å². The highest BCUT2D eigenvalue weighted by Crippen LogP contribution is 2.29. The third-order valence-corrected chi connectivity index (χ3v) is 2.58. The summed E-state index contributed by atoms with van der Waals surface area (Å²) in [6.07, 6.45) is 0.220. The normalized spacial score (nSPS) is 13.0. The lowest BCUT2D eigenvalue weighted by Crippen LogP contribution is -2.02. The van der Waals surface area contributed by atoms with Crippen molar-refractivity contribution < 1.29 is 18.3 Å². The van der Waals surface area contributed by atoms with Gasteiger partial charge in [0.2, 0.25) is 0 Å². The first kappa shape index (κ1) is 11.4. The molecule has 1 aromatic carbocycles. The number of hydrogen-bond acceptors (Lipinski definition) is 2. The fourth-order valence-electron chi connectivity index (χ4n) is 1.09. The minimum atomic E-state index is -1.24. The molecular formula is C9H9F3OS. The lowest BCUT2D eigenvalue weighted by Gasteiger charge is -2.10. The van der Waals surface area contributed by atoms with Crippen LogP contribution in [-0.2, 0) is 0 Å². The van der Waals surface area contributed by atoms with Crippen molar-refractivity contribution in [3.8, 4) is 0 Å². The van der Waals surface area contributed by atoms with Gasteiger partial charge in [-0.25, -0.2) is 13.2 Å². The molecule has 0 saturated heterocycles. The number of rotatable bonds is 2. The van der Waals surface area contributed by atoms with E-state index in [1.165, 1.54) is 13.2 Å². The predicted octanol–water partition coefficient (Wildman–Crippen LogP) is 2.88. The predicted molar refractivity (Wildman–Crippen MR) is 48.7 cm³/mol. The largest absolute Gasteiger partial charge is 0.389 e. The van der Waals surface area contributed by atoms with Crippen LogP contribution in [0.1, 0.15) is 18.6 Å². The molecule has 78 valence electrons. The van der Waals surface area contributed by atoms with Gasteiger partial charge in [-0.3, -0.25) is 0 Å². The van der Waals surface area contributed by atoms with Crippen LogP contribution in [0.4, 0.5) is 13.2 Å². The van der Waals surface area contributed by atoms with E-state index in [0.717, 1.165) is 17.8 Å². The van der Waals surface area contributed by atoms with Crippen molar-refractivity contribution in [2.75, 3.05) is 6.26 Å². The lowest BCUT2D eigenvalue weighted by atomic mass is 10.1. The van der Waals surface area contributed by atoms with Crippen LogP contribution in [0.3, 0.4) is 0 Å². The topological polar surface area (TPSA) is 20.2 Å². The molecular weight excluding hydrogens is 213 g/mol. The van der Waals surface area contributed by atoms with Crippen LogP contribution in [0.2, 0.25) is 0 Å². The summed E-state index contributed by atoms with van der Waals surface area (Å²) in [7, 11) is 0. The summed E-state index contributed by atoms with van der Waals surface area (Å²) in [6.45, 7) is 1.25. The van der Waals surface area contributed by atoms with Gasteiger partial charge in [-0.2, -0.15) is 0 Å². The molecule has 0 aromatic heterocycles. The second-order valence-electron chi connectivity index (χ2n) is 2.78. The van der Waals surface area contributed by atoms with E-state index in [0.29, 0.717) is 0 Å². The molecule has 1 aromatic rings. The fraction of sp³-hybridized carbons (Fsp3) is 0.333. The molecule has 1 nitrogen and oxygen atoms in total. The van der Waals surface area contributed by atoms with E-state index in [9.17, 15) is 13.2 Å². The maximum absolute atomic E-state index is 13.2. The number of benzene rings is 1. The zero-order valence-corrected chi connectivity index (χ0v) is 8.46. The van der Waals surface area contributed by atoms with Crippen LogP contribution in [0, 0.1) is 17.5 Å². The van der Waals surface area contributed by atoms with Gasteiger partial charge < -0.3 is 5.11 Å². The van der Waals surface area contributed by atoms with Crippen molar-refractivity contribution in [3.05, 3.63) is 29.1 Å². The Hall–Kier alpha value is -0.680.